The molecule has 0 saturated carbocycles. The highest BCUT2D eigenvalue weighted by atomic mass is 16.5. The van der Waals surface area contributed by atoms with E-state index < -0.39 is 29.8 Å². The first-order chi connectivity index (χ1) is 18.2. The van der Waals surface area contributed by atoms with Crippen molar-refractivity contribution in [1.82, 2.24) is 0 Å². The largest absolute Gasteiger partial charge is 0.478 e. The summed E-state index contributed by atoms with van der Waals surface area (Å²) in [4.78, 5) is 46.2. The van der Waals surface area contributed by atoms with Gasteiger partial charge in [0.2, 0.25) is 0 Å². The van der Waals surface area contributed by atoms with Gasteiger partial charge in [-0.1, -0.05) is 71.0 Å². The maximum Gasteiger partial charge on any atom is 0.327 e. The van der Waals surface area contributed by atoms with Crippen LogP contribution in [0.1, 0.15) is 33.6 Å². The number of hydrogen-bond acceptors (Lipinski definition) is 7. The zero-order chi connectivity index (χ0) is 32.5. The minimum atomic E-state index is -0.981. The van der Waals surface area contributed by atoms with Gasteiger partial charge in [0, 0.05) is 43.6 Å². The third-order valence-corrected chi connectivity index (χ3v) is 2.12. The van der Waals surface area contributed by atoms with Crippen molar-refractivity contribution < 1.29 is 59.3 Å². The molecule has 0 aromatic heterocycles. The van der Waals surface area contributed by atoms with Gasteiger partial charge in [-0.25, -0.2) is 24.0 Å². The number of aliphatic hydroxyl groups is 1. The molecule has 0 aliphatic rings. The first kappa shape index (κ1) is 51.2. The Morgan fingerprint density at radius 1 is 0.590 bits per heavy atom. The Hall–Kier alpha value is -4.55. The fourth-order valence-electron chi connectivity index (χ4n) is 0.641. The first-order valence-corrected chi connectivity index (χ1v) is 10.9. The number of allylic oxidation sites excluding steroid dienone is 3. The molecule has 0 fully saturated rings. The summed E-state index contributed by atoms with van der Waals surface area (Å²) >= 11 is 0. The molecule has 39 heavy (non-hydrogen) atoms. The van der Waals surface area contributed by atoms with Crippen LogP contribution in [-0.4, -0.2) is 80.3 Å². The Bertz CT molecular complexity index is 612. The summed E-state index contributed by atoms with van der Waals surface area (Å²) in [6.07, 6.45) is 13.7. The van der Waals surface area contributed by atoms with Crippen LogP contribution < -0.4 is 0 Å². The van der Waals surface area contributed by atoms with Crippen molar-refractivity contribution in [2.75, 3.05) is 19.8 Å². The van der Waals surface area contributed by atoms with E-state index in [0.29, 0.717) is 0 Å². The first-order valence-electron chi connectivity index (χ1n) is 10.9. The van der Waals surface area contributed by atoms with E-state index in [4.69, 9.17) is 35.4 Å². The minimum Gasteiger partial charge on any atom is -0.478 e. The zero-order valence-corrected chi connectivity index (χ0v) is 22.9. The van der Waals surface area contributed by atoms with Crippen LogP contribution in [0.25, 0.3) is 0 Å². The molecule has 0 aliphatic carbocycles. The lowest BCUT2D eigenvalue weighted by atomic mass is 10.4. The zero-order valence-electron chi connectivity index (χ0n) is 22.9. The van der Waals surface area contributed by atoms with E-state index in [9.17, 15) is 24.0 Å². The number of aliphatic carboxylic acids is 5. The lowest BCUT2D eigenvalue weighted by Gasteiger charge is -1.95. The van der Waals surface area contributed by atoms with Crippen molar-refractivity contribution in [1.29, 1.82) is 0 Å². The Balaban J connectivity index is -0.0000000616. The highest BCUT2D eigenvalue weighted by molar-refractivity contribution is 5.80. The summed E-state index contributed by atoms with van der Waals surface area (Å²) in [5, 5.41) is 46.2. The lowest BCUT2D eigenvalue weighted by Crippen LogP contribution is -1.92. The Labute approximate surface area is 230 Å². The summed E-state index contributed by atoms with van der Waals surface area (Å²) in [5.74, 6) is -4.91. The van der Waals surface area contributed by atoms with Crippen molar-refractivity contribution in [3.05, 3.63) is 87.6 Å². The van der Waals surface area contributed by atoms with Crippen LogP contribution >= 0.6 is 0 Å². The van der Waals surface area contributed by atoms with E-state index in [1.165, 1.54) is 0 Å². The van der Waals surface area contributed by atoms with Gasteiger partial charge < -0.3 is 35.4 Å². The molecular weight excluding hydrogens is 516 g/mol. The molecule has 0 aliphatic heterocycles. The van der Waals surface area contributed by atoms with Gasteiger partial charge in [0.05, 0.1) is 6.61 Å². The average Bonchev–Trinajstić information content (AvgIpc) is 2.91. The van der Waals surface area contributed by atoms with Crippen LogP contribution in [0.2, 0.25) is 0 Å². The van der Waals surface area contributed by atoms with Crippen LogP contribution in [0, 0.1) is 0 Å². The highest BCUT2D eigenvalue weighted by Crippen LogP contribution is 1.81. The third kappa shape index (κ3) is 183. The average molecular weight is 561 g/mol. The van der Waals surface area contributed by atoms with Crippen molar-refractivity contribution in [2.24, 2.45) is 0 Å². The van der Waals surface area contributed by atoms with Gasteiger partial charge in [-0.15, -0.1) is 0 Å². The molecule has 0 saturated heterocycles. The van der Waals surface area contributed by atoms with Crippen LogP contribution in [0.3, 0.4) is 0 Å². The van der Waals surface area contributed by atoms with Gasteiger partial charge >= 0.3 is 29.8 Å². The second-order valence-electron chi connectivity index (χ2n) is 5.46. The van der Waals surface area contributed by atoms with Gasteiger partial charge in [-0.2, -0.15) is 0 Å². The number of rotatable bonds is 11. The lowest BCUT2D eigenvalue weighted by molar-refractivity contribution is -0.132. The van der Waals surface area contributed by atoms with Crippen LogP contribution in [-0.2, 0) is 28.7 Å². The predicted molar refractivity (Wildman–Crippen MR) is 152 cm³/mol. The summed E-state index contributed by atoms with van der Waals surface area (Å²) in [6.45, 7) is 23.0. The number of aliphatic hydroxyl groups excluding tert-OH is 1. The smallest absolute Gasteiger partial charge is 0.327 e. The van der Waals surface area contributed by atoms with Gasteiger partial charge in [-0.3, -0.25) is 0 Å². The van der Waals surface area contributed by atoms with E-state index in [0.717, 1.165) is 56.4 Å². The molecule has 12 heteroatoms. The van der Waals surface area contributed by atoms with E-state index in [2.05, 4.69) is 46.7 Å². The maximum absolute atomic E-state index is 9.25. The van der Waals surface area contributed by atoms with Crippen LogP contribution in [0.15, 0.2) is 87.6 Å². The number of hydrogen-bond donors (Lipinski definition) is 6. The number of carboxylic acids is 5. The second kappa shape index (κ2) is 54.4. The molecule has 0 unspecified atom stereocenters. The van der Waals surface area contributed by atoms with Gasteiger partial charge in [0.1, 0.15) is 0 Å². The fraction of sp³-hybridized carbons (Fsp3) is 0.296. The molecule has 0 heterocycles. The molecule has 224 valence electrons. The second-order valence-corrected chi connectivity index (χ2v) is 5.46. The molecule has 0 aromatic rings. The molecule has 6 N–H and O–H groups in total. The van der Waals surface area contributed by atoms with E-state index >= 15 is 0 Å². The van der Waals surface area contributed by atoms with Crippen molar-refractivity contribution in [3.8, 4) is 0 Å². The fourth-order valence-corrected chi connectivity index (χ4v) is 0.641. The van der Waals surface area contributed by atoms with Crippen molar-refractivity contribution in [2.45, 2.75) is 33.6 Å². The Morgan fingerprint density at radius 2 is 0.821 bits per heavy atom. The molecule has 0 bridgehead atoms. The quantitative estimate of drug-likeness (QED) is 0.119. The molecule has 0 radical (unpaired) electrons. The number of carboxylic acid groups (broad SMARTS) is 5. The number of carbonyl (C=O) groups is 5. The molecule has 12 nitrogen and oxygen atoms in total. The number of ether oxygens (including phenoxy) is 1. The normalized spacial score (nSPS) is 7.90. The van der Waals surface area contributed by atoms with E-state index in [1.807, 2.05) is 19.1 Å². The topological polar surface area (TPSA) is 216 Å². The minimum absolute atomic E-state index is 0.129. The SMILES string of the molecule is C=CC(=O)O.C=CC(=O)O.C=CC(=O)O.C=CC(=O)O.C=CC(=O)O.CC=CC=CCO.CCCOCCC. The van der Waals surface area contributed by atoms with E-state index in [-0.39, 0.29) is 6.61 Å². The van der Waals surface area contributed by atoms with Gasteiger partial charge in [0.25, 0.3) is 0 Å². The summed E-state index contributed by atoms with van der Waals surface area (Å²) in [5.41, 5.74) is 0. The predicted octanol–water partition coefficient (Wildman–Crippen LogP) is 4.22. The molecule has 0 amide bonds. The molecule has 0 aromatic carbocycles. The summed E-state index contributed by atoms with van der Waals surface area (Å²) in [7, 11) is 0. The maximum atomic E-state index is 9.25. The van der Waals surface area contributed by atoms with Gasteiger partial charge in [-0.05, 0) is 19.8 Å². The van der Waals surface area contributed by atoms with Crippen molar-refractivity contribution >= 4 is 29.8 Å². The van der Waals surface area contributed by atoms with Crippen molar-refractivity contribution in [3.63, 3.8) is 0 Å². The monoisotopic (exact) mass is 560 g/mol. The third-order valence-electron chi connectivity index (χ3n) is 2.12. The van der Waals surface area contributed by atoms with Crippen LogP contribution in [0.5, 0.6) is 0 Å². The molecule has 0 atom stereocenters. The van der Waals surface area contributed by atoms with E-state index in [1.54, 1.807) is 12.2 Å². The van der Waals surface area contributed by atoms with Gasteiger partial charge in [0.15, 0.2) is 0 Å². The summed E-state index contributed by atoms with van der Waals surface area (Å²) in [6, 6.07) is 0. The molecule has 0 rings (SSSR count). The molecular formula is C27H44O12. The Morgan fingerprint density at radius 3 is 0.949 bits per heavy atom. The Kier molecular flexibility index (Phi) is 71.3. The molecule has 0 spiro atoms. The van der Waals surface area contributed by atoms with Crippen LogP contribution in [0.4, 0.5) is 0 Å². The highest BCUT2D eigenvalue weighted by Gasteiger charge is 1.78. The standard InChI is InChI=1S/C6H14O.C6H10O.5C3H4O2/c1-3-5-7-6-4-2;1-2-3-4-5-6-7;5*1-2-3(4)5/h3-6H2,1-2H3;2-5,7H,6H2,1H3;5*2H,1H2,(H,4,5). The summed E-state index contributed by atoms with van der Waals surface area (Å²) < 4.78 is 5.13.